The van der Waals surface area contributed by atoms with E-state index in [1.807, 2.05) is 0 Å². The van der Waals surface area contributed by atoms with Crippen molar-refractivity contribution in [1.82, 2.24) is 9.79 Å². The number of hydrogen-bond donors (Lipinski definition) is 1. The summed E-state index contributed by atoms with van der Waals surface area (Å²) in [7, 11) is 0.0398. The standard InChI is InChI=1S/C15H22N2O7S/c1-11(14(18)16-8-9-22-3)24-15(19)12-6-5-7-13(10-12)25(20,21)17(2)23-4/h5-7,10-11H,8-9H2,1-4H3,(H,16,18)/t11-/m0/s1. The van der Waals surface area contributed by atoms with Crippen LogP contribution in [0.15, 0.2) is 29.2 Å². The molecule has 0 aliphatic carbocycles. The summed E-state index contributed by atoms with van der Waals surface area (Å²) >= 11 is 0. The van der Waals surface area contributed by atoms with Gasteiger partial charge < -0.3 is 14.8 Å². The lowest BCUT2D eigenvalue weighted by molar-refractivity contribution is -0.129. The first-order chi connectivity index (χ1) is 11.7. The number of hydrogen-bond acceptors (Lipinski definition) is 7. The molecule has 1 aromatic carbocycles. The van der Waals surface area contributed by atoms with Crippen LogP contribution in [0.4, 0.5) is 0 Å². The van der Waals surface area contributed by atoms with Gasteiger partial charge in [0, 0.05) is 20.7 Å². The van der Waals surface area contributed by atoms with Gasteiger partial charge in [0.05, 0.1) is 24.2 Å². The van der Waals surface area contributed by atoms with Crippen LogP contribution in [-0.4, -0.2) is 65.3 Å². The quantitative estimate of drug-likeness (QED) is 0.373. The molecule has 0 saturated carbocycles. The van der Waals surface area contributed by atoms with Gasteiger partial charge >= 0.3 is 5.97 Å². The number of nitrogens with zero attached hydrogens (tertiary/aromatic N) is 1. The predicted octanol–water partition coefficient (Wildman–Crippen LogP) is 0.176. The molecule has 0 saturated heterocycles. The number of rotatable bonds is 9. The van der Waals surface area contributed by atoms with E-state index in [2.05, 4.69) is 10.2 Å². The Balaban J connectivity index is 2.83. The molecule has 0 radical (unpaired) electrons. The van der Waals surface area contributed by atoms with Gasteiger partial charge in [0.25, 0.3) is 15.9 Å². The average molecular weight is 374 g/mol. The SMILES string of the molecule is COCCNC(=O)[C@H](C)OC(=O)c1cccc(S(=O)(=O)N(C)OC)c1. The molecule has 0 unspecified atom stereocenters. The van der Waals surface area contributed by atoms with Crippen molar-refractivity contribution in [3.8, 4) is 0 Å². The van der Waals surface area contributed by atoms with Gasteiger partial charge in [-0.15, -0.1) is 0 Å². The lowest BCUT2D eigenvalue weighted by Gasteiger charge is -2.15. The van der Waals surface area contributed by atoms with Gasteiger partial charge in [-0.05, 0) is 25.1 Å². The summed E-state index contributed by atoms with van der Waals surface area (Å²) in [6, 6.07) is 5.27. The first-order valence-corrected chi connectivity index (χ1v) is 8.78. The number of carbonyl (C=O) groups excluding carboxylic acids is 2. The molecule has 25 heavy (non-hydrogen) atoms. The summed E-state index contributed by atoms with van der Waals surface area (Å²) in [6.07, 6.45) is -1.04. The number of carbonyl (C=O) groups is 2. The molecule has 0 aliphatic rings. The van der Waals surface area contributed by atoms with Crippen LogP contribution in [0.1, 0.15) is 17.3 Å². The maximum atomic E-state index is 12.2. The van der Waals surface area contributed by atoms with E-state index in [-0.39, 0.29) is 17.0 Å². The number of methoxy groups -OCH3 is 1. The Morgan fingerprint density at radius 3 is 2.56 bits per heavy atom. The molecule has 0 heterocycles. The Morgan fingerprint density at radius 2 is 1.96 bits per heavy atom. The van der Waals surface area contributed by atoms with Gasteiger partial charge in [-0.3, -0.25) is 9.63 Å². The van der Waals surface area contributed by atoms with Crippen molar-refractivity contribution in [2.24, 2.45) is 0 Å². The Morgan fingerprint density at radius 1 is 1.28 bits per heavy atom. The highest BCUT2D eigenvalue weighted by molar-refractivity contribution is 7.89. The van der Waals surface area contributed by atoms with Crippen molar-refractivity contribution in [3.63, 3.8) is 0 Å². The molecule has 1 atom stereocenters. The third kappa shape index (κ3) is 5.78. The number of amides is 1. The molecule has 0 spiro atoms. The van der Waals surface area contributed by atoms with Crippen molar-refractivity contribution in [2.45, 2.75) is 17.9 Å². The second-order valence-corrected chi connectivity index (χ2v) is 6.89. The van der Waals surface area contributed by atoms with Crippen LogP contribution < -0.4 is 5.32 Å². The fraction of sp³-hybridized carbons (Fsp3) is 0.467. The normalized spacial score (nSPS) is 12.7. The molecule has 0 aromatic heterocycles. The minimum Gasteiger partial charge on any atom is -0.449 e. The van der Waals surface area contributed by atoms with Crippen molar-refractivity contribution < 1.29 is 32.3 Å². The number of benzene rings is 1. The smallest absolute Gasteiger partial charge is 0.338 e. The van der Waals surface area contributed by atoms with Crippen LogP contribution in [0.3, 0.4) is 0 Å². The fourth-order valence-corrected chi connectivity index (χ4v) is 2.75. The molecule has 1 amide bonds. The molecular formula is C15H22N2O7S. The van der Waals surface area contributed by atoms with Gasteiger partial charge in [0.15, 0.2) is 6.10 Å². The van der Waals surface area contributed by atoms with E-state index in [0.717, 1.165) is 6.07 Å². The van der Waals surface area contributed by atoms with E-state index < -0.39 is 28.0 Å². The molecule has 0 fully saturated rings. The van der Waals surface area contributed by atoms with Crippen LogP contribution >= 0.6 is 0 Å². The summed E-state index contributed by atoms with van der Waals surface area (Å²) in [5.41, 5.74) is 0.00196. The van der Waals surface area contributed by atoms with Gasteiger partial charge in [-0.2, -0.15) is 0 Å². The largest absolute Gasteiger partial charge is 0.449 e. The molecule has 0 bridgehead atoms. The topological polar surface area (TPSA) is 111 Å². The highest BCUT2D eigenvalue weighted by Gasteiger charge is 2.23. The average Bonchev–Trinajstić information content (AvgIpc) is 2.60. The number of nitrogens with one attached hydrogen (secondary N) is 1. The third-order valence-corrected chi connectivity index (χ3v) is 4.90. The Hall–Kier alpha value is -2.01. The zero-order chi connectivity index (χ0) is 19.0. The second-order valence-electron chi connectivity index (χ2n) is 4.96. The van der Waals surface area contributed by atoms with E-state index in [9.17, 15) is 18.0 Å². The maximum Gasteiger partial charge on any atom is 0.338 e. The Labute approximate surface area is 146 Å². The molecule has 1 rings (SSSR count). The minimum absolute atomic E-state index is 0.00196. The fourth-order valence-electron chi connectivity index (χ4n) is 1.73. The van der Waals surface area contributed by atoms with Crippen molar-refractivity contribution in [3.05, 3.63) is 29.8 Å². The lowest BCUT2D eigenvalue weighted by atomic mass is 10.2. The summed E-state index contributed by atoms with van der Waals surface area (Å²) in [5, 5.41) is 2.54. The molecule has 140 valence electrons. The highest BCUT2D eigenvalue weighted by atomic mass is 32.2. The van der Waals surface area contributed by atoms with E-state index in [4.69, 9.17) is 9.47 Å². The zero-order valence-corrected chi connectivity index (χ0v) is 15.3. The number of hydroxylamine groups is 1. The Bertz CT molecular complexity index is 706. The molecule has 9 nitrogen and oxygen atoms in total. The van der Waals surface area contributed by atoms with Crippen LogP contribution in [0, 0.1) is 0 Å². The van der Waals surface area contributed by atoms with Gasteiger partial charge in [0.2, 0.25) is 0 Å². The van der Waals surface area contributed by atoms with Crippen LogP contribution in [0.25, 0.3) is 0 Å². The van der Waals surface area contributed by atoms with Crippen molar-refractivity contribution in [1.29, 1.82) is 0 Å². The van der Waals surface area contributed by atoms with Crippen LogP contribution in [-0.2, 0) is 29.1 Å². The van der Waals surface area contributed by atoms with E-state index >= 15 is 0 Å². The van der Waals surface area contributed by atoms with Gasteiger partial charge in [0.1, 0.15) is 0 Å². The van der Waals surface area contributed by atoms with Crippen molar-refractivity contribution in [2.75, 3.05) is 34.4 Å². The molecule has 10 heteroatoms. The summed E-state index contributed by atoms with van der Waals surface area (Å²) in [6.45, 7) is 2.03. The minimum atomic E-state index is -3.89. The molecule has 1 aromatic rings. The summed E-state index contributed by atoms with van der Waals surface area (Å²) in [4.78, 5) is 28.5. The van der Waals surface area contributed by atoms with E-state index in [1.165, 1.54) is 46.4 Å². The van der Waals surface area contributed by atoms with E-state index in [1.54, 1.807) is 0 Å². The molecular weight excluding hydrogens is 352 g/mol. The van der Waals surface area contributed by atoms with Gasteiger partial charge in [-0.25, -0.2) is 13.2 Å². The monoisotopic (exact) mass is 374 g/mol. The lowest BCUT2D eigenvalue weighted by Crippen LogP contribution is -2.37. The second kappa shape index (κ2) is 9.47. The molecule has 0 aliphatic heterocycles. The van der Waals surface area contributed by atoms with Crippen LogP contribution in [0.2, 0.25) is 0 Å². The first-order valence-electron chi connectivity index (χ1n) is 7.34. The summed E-state index contributed by atoms with van der Waals surface area (Å²) < 4.78 is 34.9. The van der Waals surface area contributed by atoms with Crippen LogP contribution in [0.5, 0.6) is 0 Å². The molecule has 1 N–H and O–H groups in total. The zero-order valence-electron chi connectivity index (χ0n) is 14.5. The number of ether oxygens (including phenoxy) is 2. The maximum absolute atomic E-state index is 12.2. The highest BCUT2D eigenvalue weighted by Crippen LogP contribution is 2.17. The number of sulfonamides is 1. The van der Waals surface area contributed by atoms with E-state index in [0.29, 0.717) is 11.1 Å². The number of esters is 1. The predicted molar refractivity (Wildman–Crippen MR) is 88.2 cm³/mol. The Kier molecular flexibility index (Phi) is 7.97. The third-order valence-electron chi connectivity index (χ3n) is 3.22. The van der Waals surface area contributed by atoms with Crippen molar-refractivity contribution >= 4 is 21.9 Å². The summed E-state index contributed by atoms with van der Waals surface area (Å²) in [5.74, 6) is -1.29. The van der Waals surface area contributed by atoms with Gasteiger partial charge in [-0.1, -0.05) is 10.5 Å². The first kappa shape index (κ1) is 21.0.